The van der Waals surface area contributed by atoms with Crippen LogP contribution in [0.25, 0.3) is 0 Å². The molecule has 0 atom stereocenters. The van der Waals surface area contributed by atoms with Crippen LogP contribution in [-0.4, -0.2) is 26.8 Å². The largest absolute Gasteiger partial charge is 0.290 e. The van der Waals surface area contributed by atoms with Crippen molar-refractivity contribution in [2.75, 3.05) is 11.5 Å². The molecular formula is C9H8ClN3OS2. The van der Waals surface area contributed by atoms with Crippen molar-refractivity contribution in [2.24, 2.45) is 5.10 Å². The van der Waals surface area contributed by atoms with Crippen LogP contribution in [0.2, 0.25) is 5.02 Å². The molecule has 1 aliphatic heterocycles. The van der Waals surface area contributed by atoms with Crippen LogP contribution < -0.4 is 5.43 Å². The topological polar surface area (TPSA) is 54.4 Å². The van der Waals surface area contributed by atoms with Crippen molar-refractivity contribution in [3.63, 3.8) is 0 Å². The molecule has 0 aromatic carbocycles. The predicted octanol–water partition coefficient (Wildman–Crippen LogP) is 2.22. The Morgan fingerprint density at radius 3 is 2.94 bits per heavy atom. The summed E-state index contributed by atoms with van der Waals surface area (Å²) in [5, 5.41) is 4.47. The van der Waals surface area contributed by atoms with Crippen molar-refractivity contribution in [2.45, 2.75) is 0 Å². The highest BCUT2D eigenvalue weighted by atomic mass is 35.5. The number of hydrogen-bond donors (Lipinski definition) is 1. The molecule has 4 nitrogen and oxygen atoms in total. The van der Waals surface area contributed by atoms with Gasteiger partial charge < -0.3 is 0 Å². The lowest BCUT2D eigenvalue weighted by Crippen LogP contribution is -2.19. The van der Waals surface area contributed by atoms with Gasteiger partial charge in [-0.05, 0) is 12.1 Å². The maximum absolute atomic E-state index is 11.6. The van der Waals surface area contributed by atoms with E-state index in [2.05, 4.69) is 15.5 Å². The monoisotopic (exact) mass is 273 g/mol. The first kappa shape index (κ1) is 11.8. The van der Waals surface area contributed by atoms with E-state index in [0.717, 1.165) is 15.9 Å². The molecule has 1 aliphatic rings. The zero-order chi connectivity index (χ0) is 11.4. The zero-order valence-corrected chi connectivity index (χ0v) is 10.5. The normalized spacial score (nSPS) is 14.9. The molecule has 1 fully saturated rings. The minimum atomic E-state index is -0.344. The SMILES string of the molecule is O=C(NN=C1SCCS1)c1cc(Cl)ccn1. The summed E-state index contributed by atoms with van der Waals surface area (Å²) in [5.74, 6) is 1.73. The Kier molecular flexibility index (Phi) is 4.09. The summed E-state index contributed by atoms with van der Waals surface area (Å²) in [5.41, 5.74) is 2.72. The van der Waals surface area contributed by atoms with Crippen LogP contribution in [0, 0.1) is 0 Å². The van der Waals surface area contributed by atoms with Crippen molar-refractivity contribution in [3.8, 4) is 0 Å². The number of carbonyl (C=O) groups excluding carboxylic acids is 1. The number of carbonyl (C=O) groups is 1. The Morgan fingerprint density at radius 2 is 2.25 bits per heavy atom. The molecule has 1 aromatic rings. The van der Waals surface area contributed by atoms with Crippen LogP contribution >= 0.6 is 35.1 Å². The second kappa shape index (κ2) is 5.56. The fraction of sp³-hybridized carbons (Fsp3) is 0.222. The lowest BCUT2D eigenvalue weighted by atomic mass is 10.3. The first-order valence-electron chi connectivity index (χ1n) is 4.51. The van der Waals surface area contributed by atoms with Crippen molar-refractivity contribution < 1.29 is 4.79 Å². The molecule has 1 saturated heterocycles. The first-order valence-corrected chi connectivity index (χ1v) is 6.86. The summed E-state index contributed by atoms with van der Waals surface area (Å²) in [7, 11) is 0. The van der Waals surface area contributed by atoms with E-state index in [1.807, 2.05) is 0 Å². The van der Waals surface area contributed by atoms with Gasteiger partial charge >= 0.3 is 0 Å². The number of pyridine rings is 1. The lowest BCUT2D eigenvalue weighted by molar-refractivity contribution is 0.0950. The van der Waals surface area contributed by atoms with Crippen LogP contribution in [0.3, 0.4) is 0 Å². The molecule has 0 radical (unpaired) electrons. The van der Waals surface area contributed by atoms with Gasteiger partial charge in [0.25, 0.3) is 5.91 Å². The highest BCUT2D eigenvalue weighted by Crippen LogP contribution is 2.25. The molecule has 16 heavy (non-hydrogen) atoms. The molecule has 0 spiro atoms. The number of nitrogens with one attached hydrogen (secondary N) is 1. The first-order chi connectivity index (χ1) is 7.75. The second-order valence-electron chi connectivity index (χ2n) is 2.87. The van der Waals surface area contributed by atoms with Crippen LogP contribution in [0.5, 0.6) is 0 Å². The van der Waals surface area contributed by atoms with E-state index < -0.39 is 0 Å². The van der Waals surface area contributed by atoms with Gasteiger partial charge in [-0.25, -0.2) is 5.43 Å². The third kappa shape index (κ3) is 3.13. The molecule has 7 heteroatoms. The van der Waals surface area contributed by atoms with Gasteiger partial charge in [-0.1, -0.05) is 35.1 Å². The molecule has 0 bridgehead atoms. The highest BCUT2D eigenvalue weighted by Gasteiger charge is 2.11. The van der Waals surface area contributed by atoms with Crippen LogP contribution in [-0.2, 0) is 0 Å². The Bertz CT molecular complexity index is 431. The predicted molar refractivity (Wildman–Crippen MR) is 69.1 cm³/mol. The molecule has 1 N–H and O–H groups in total. The molecular weight excluding hydrogens is 266 g/mol. The summed E-state index contributed by atoms with van der Waals surface area (Å²) in [4.78, 5) is 15.5. The fourth-order valence-electron chi connectivity index (χ4n) is 1.05. The summed E-state index contributed by atoms with van der Waals surface area (Å²) in [6.45, 7) is 0. The van der Waals surface area contributed by atoms with Gasteiger partial charge in [0.05, 0.1) is 0 Å². The third-order valence-corrected chi connectivity index (χ3v) is 4.43. The van der Waals surface area contributed by atoms with Gasteiger partial charge in [0, 0.05) is 22.7 Å². The molecule has 1 aromatic heterocycles. The van der Waals surface area contributed by atoms with Crippen LogP contribution in [0.1, 0.15) is 10.5 Å². The zero-order valence-electron chi connectivity index (χ0n) is 8.14. The Labute approximate surface area is 106 Å². The number of nitrogens with zero attached hydrogens (tertiary/aromatic N) is 2. The van der Waals surface area contributed by atoms with Gasteiger partial charge in [0.15, 0.2) is 0 Å². The van der Waals surface area contributed by atoms with Crippen molar-refractivity contribution in [1.82, 2.24) is 10.4 Å². The van der Waals surface area contributed by atoms with E-state index in [9.17, 15) is 4.79 Å². The van der Waals surface area contributed by atoms with Gasteiger partial charge in [0.2, 0.25) is 0 Å². The average Bonchev–Trinajstić information content (AvgIpc) is 2.78. The van der Waals surface area contributed by atoms with E-state index in [1.54, 1.807) is 29.6 Å². The minimum absolute atomic E-state index is 0.268. The molecule has 0 unspecified atom stereocenters. The molecule has 84 valence electrons. The number of aromatic nitrogens is 1. The molecule has 0 aliphatic carbocycles. The summed E-state index contributed by atoms with van der Waals surface area (Å²) >= 11 is 9.02. The van der Waals surface area contributed by atoms with Crippen LogP contribution in [0.15, 0.2) is 23.4 Å². The van der Waals surface area contributed by atoms with Crippen molar-refractivity contribution in [3.05, 3.63) is 29.0 Å². The number of thioether (sulfide) groups is 2. The Morgan fingerprint density at radius 1 is 1.50 bits per heavy atom. The molecule has 2 heterocycles. The third-order valence-electron chi connectivity index (χ3n) is 1.74. The number of rotatable bonds is 2. The molecule has 1 amide bonds. The number of halogens is 1. The standard InChI is InChI=1S/C9H8ClN3OS2/c10-6-1-2-11-7(5-6)8(14)12-13-9-15-3-4-16-9/h1-2,5H,3-4H2,(H,12,14). The quantitative estimate of drug-likeness (QED) is 0.840. The van der Waals surface area contributed by atoms with E-state index in [-0.39, 0.29) is 11.6 Å². The molecule has 2 rings (SSSR count). The van der Waals surface area contributed by atoms with Gasteiger partial charge in [0.1, 0.15) is 10.1 Å². The Balaban J connectivity index is 2.00. The van der Waals surface area contributed by atoms with Gasteiger partial charge in [-0.2, -0.15) is 5.10 Å². The lowest BCUT2D eigenvalue weighted by Gasteiger charge is -1.99. The maximum Gasteiger partial charge on any atom is 0.290 e. The minimum Gasteiger partial charge on any atom is -0.266 e. The smallest absolute Gasteiger partial charge is 0.266 e. The van der Waals surface area contributed by atoms with E-state index in [0.29, 0.717) is 5.02 Å². The fourth-order valence-corrected chi connectivity index (χ4v) is 3.28. The number of hydrazone groups is 1. The summed E-state index contributed by atoms with van der Waals surface area (Å²) in [6.07, 6.45) is 1.49. The maximum atomic E-state index is 11.6. The average molecular weight is 274 g/mol. The van der Waals surface area contributed by atoms with E-state index in [4.69, 9.17) is 11.6 Å². The van der Waals surface area contributed by atoms with Crippen molar-refractivity contribution >= 4 is 45.4 Å². The van der Waals surface area contributed by atoms with Crippen LogP contribution in [0.4, 0.5) is 0 Å². The second-order valence-corrected chi connectivity index (χ2v) is 5.74. The van der Waals surface area contributed by atoms with Gasteiger partial charge in [-0.3, -0.25) is 9.78 Å². The number of hydrogen-bond acceptors (Lipinski definition) is 5. The van der Waals surface area contributed by atoms with Gasteiger partial charge in [-0.15, -0.1) is 0 Å². The highest BCUT2D eigenvalue weighted by molar-refractivity contribution is 8.41. The van der Waals surface area contributed by atoms with E-state index >= 15 is 0 Å². The number of amides is 1. The van der Waals surface area contributed by atoms with Crippen molar-refractivity contribution in [1.29, 1.82) is 0 Å². The molecule has 0 saturated carbocycles. The Hall–Kier alpha value is -0.720. The summed E-state index contributed by atoms with van der Waals surface area (Å²) < 4.78 is 0.885. The summed E-state index contributed by atoms with van der Waals surface area (Å²) in [6, 6.07) is 3.12. The van der Waals surface area contributed by atoms with E-state index in [1.165, 1.54) is 12.3 Å².